The molecule has 4 rings (SSSR count). The van der Waals surface area contributed by atoms with Crippen molar-refractivity contribution in [3.63, 3.8) is 0 Å². The van der Waals surface area contributed by atoms with Crippen LogP contribution in [0.1, 0.15) is 53.8 Å². The third kappa shape index (κ3) is 6.92. The maximum Gasteiger partial charge on any atom is 0.253 e. The fraction of sp³-hybridized carbons (Fsp3) is 0.360. The summed E-state index contributed by atoms with van der Waals surface area (Å²) in [4.78, 5) is 29.7. The molecule has 2 amide bonds. The summed E-state index contributed by atoms with van der Waals surface area (Å²) in [5, 5.41) is 13.5. The molecular weight excluding hydrogens is 434 g/mol. The molecule has 7 nitrogen and oxygen atoms in total. The minimum Gasteiger partial charge on any atom is -0.348 e. The molecule has 1 aliphatic rings. The van der Waals surface area contributed by atoms with Crippen molar-refractivity contribution in [1.29, 1.82) is 0 Å². The largest absolute Gasteiger partial charge is 0.348 e. The topological polar surface area (TPSA) is 99.8 Å². The van der Waals surface area contributed by atoms with Crippen molar-refractivity contribution in [3.8, 4) is 0 Å². The van der Waals surface area contributed by atoms with Gasteiger partial charge in [0.05, 0.1) is 17.0 Å². The first-order valence-electron chi connectivity index (χ1n) is 11.4. The summed E-state index contributed by atoms with van der Waals surface area (Å²) in [7, 11) is 0. The number of carbonyl (C=O) groups is 2. The molecule has 8 heteroatoms. The molecule has 0 spiro atoms. The molecule has 1 aliphatic carbocycles. The molecule has 1 aromatic heterocycles. The van der Waals surface area contributed by atoms with Crippen LogP contribution in [0.2, 0.25) is 0 Å². The van der Waals surface area contributed by atoms with Crippen molar-refractivity contribution < 1.29 is 9.59 Å². The third-order valence-corrected chi connectivity index (χ3v) is 6.70. The number of nitrogens with zero attached hydrogens (tertiary/aromatic N) is 2. The van der Waals surface area contributed by atoms with E-state index in [9.17, 15) is 9.59 Å². The number of aromatic amines is 1. The van der Waals surface area contributed by atoms with Crippen molar-refractivity contribution >= 4 is 29.3 Å². The second-order valence-electron chi connectivity index (χ2n) is 8.30. The van der Waals surface area contributed by atoms with E-state index in [2.05, 4.69) is 25.8 Å². The van der Waals surface area contributed by atoms with Gasteiger partial charge in [0.1, 0.15) is 5.82 Å². The Morgan fingerprint density at radius 1 is 1.03 bits per heavy atom. The minimum atomic E-state index is -0.233. The minimum absolute atomic E-state index is 0.167. The van der Waals surface area contributed by atoms with Crippen LogP contribution in [0, 0.1) is 5.92 Å². The van der Waals surface area contributed by atoms with Gasteiger partial charge in [-0.25, -0.2) is 4.98 Å². The highest BCUT2D eigenvalue weighted by molar-refractivity contribution is 7.99. The van der Waals surface area contributed by atoms with Gasteiger partial charge in [0, 0.05) is 13.0 Å². The number of anilines is 1. The standard InChI is InChI=1S/C25H29N5O2S/c31-23(17-33-25-28-22(29-30-25)15-14-18-8-4-5-9-18)27-21-13-7-6-12-20(21)24(32)26-16-19-10-2-1-3-11-19/h1-3,6-7,10-13,18H,4-5,8-9,14-17H2,(H,26,32)(H,27,31)(H,28,29,30). The lowest BCUT2D eigenvalue weighted by Crippen LogP contribution is -2.25. The van der Waals surface area contributed by atoms with Gasteiger partial charge < -0.3 is 10.6 Å². The molecule has 1 fully saturated rings. The van der Waals surface area contributed by atoms with Gasteiger partial charge in [-0.3, -0.25) is 14.7 Å². The molecule has 1 heterocycles. The second kappa shape index (κ2) is 11.7. The van der Waals surface area contributed by atoms with Crippen LogP contribution in [0.25, 0.3) is 0 Å². The highest BCUT2D eigenvalue weighted by atomic mass is 32.2. The summed E-state index contributed by atoms with van der Waals surface area (Å²) in [5.41, 5.74) is 1.93. The Hall–Kier alpha value is -3.13. The average molecular weight is 464 g/mol. The molecule has 0 atom stereocenters. The second-order valence-corrected chi connectivity index (χ2v) is 9.25. The number of aromatic nitrogens is 3. The van der Waals surface area contributed by atoms with Gasteiger partial charge in [0.25, 0.3) is 5.91 Å². The molecule has 1 saturated carbocycles. The zero-order valence-electron chi connectivity index (χ0n) is 18.5. The molecule has 3 N–H and O–H groups in total. The van der Waals surface area contributed by atoms with Crippen molar-refractivity contribution in [1.82, 2.24) is 20.5 Å². The fourth-order valence-electron chi connectivity index (χ4n) is 4.07. The Morgan fingerprint density at radius 2 is 1.79 bits per heavy atom. The molecule has 3 aromatic rings. The van der Waals surface area contributed by atoms with Gasteiger partial charge in [0.2, 0.25) is 11.1 Å². The quantitative estimate of drug-likeness (QED) is 0.382. The first-order valence-corrected chi connectivity index (χ1v) is 12.4. The number of aryl methyl sites for hydroxylation is 1. The number of rotatable bonds is 10. The van der Waals surface area contributed by atoms with E-state index in [1.165, 1.54) is 37.4 Å². The fourth-order valence-corrected chi connectivity index (χ4v) is 4.69. The van der Waals surface area contributed by atoms with E-state index in [1.807, 2.05) is 30.3 Å². The maximum absolute atomic E-state index is 12.7. The van der Waals surface area contributed by atoms with Crippen molar-refractivity contribution in [2.24, 2.45) is 5.92 Å². The summed E-state index contributed by atoms with van der Waals surface area (Å²) in [6.07, 6.45) is 7.37. The molecule has 33 heavy (non-hydrogen) atoms. The van der Waals surface area contributed by atoms with Gasteiger partial charge in [0.15, 0.2) is 0 Å². The highest BCUT2D eigenvalue weighted by Crippen LogP contribution is 2.28. The number of thioether (sulfide) groups is 1. The van der Waals surface area contributed by atoms with E-state index in [0.29, 0.717) is 23.0 Å². The lowest BCUT2D eigenvalue weighted by Gasteiger charge is -2.11. The van der Waals surface area contributed by atoms with Gasteiger partial charge >= 0.3 is 0 Å². The summed E-state index contributed by atoms with van der Waals surface area (Å²) >= 11 is 1.28. The van der Waals surface area contributed by atoms with Gasteiger partial charge in [-0.15, -0.1) is 5.10 Å². The molecule has 172 valence electrons. The lowest BCUT2D eigenvalue weighted by molar-refractivity contribution is -0.113. The van der Waals surface area contributed by atoms with Gasteiger partial charge in [-0.2, -0.15) is 0 Å². The van der Waals surface area contributed by atoms with E-state index < -0.39 is 0 Å². The lowest BCUT2D eigenvalue weighted by atomic mass is 10.0. The van der Waals surface area contributed by atoms with Gasteiger partial charge in [-0.1, -0.05) is 79.9 Å². The van der Waals surface area contributed by atoms with Crippen LogP contribution in [0.5, 0.6) is 0 Å². The predicted molar refractivity (Wildman–Crippen MR) is 130 cm³/mol. The third-order valence-electron chi connectivity index (χ3n) is 5.85. The number of nitrogens with one attached hydrogen (secondary N) is 3. The predicted octanol–water partition coefficient (Wildman–Crippen LogP) is 4.59. The number of para-hydroxylation sites is 1. The van der Waals surface area contributed by atoms with E-state index >= 15 is 0 Å². The van der Waals surface area contributed by atoms with E-state index in [0.717, 1.165) is 30.1 Å². The van der Waals surface area contributed by atoms with Crippen LogP contribution in [0.15, 0.2) is 59.8 Å². The molecule has 0 radical (unpaired) electrons. The van der Waals surface area contributed by atoms with Crippen LogP contribution in [-0.2, 0) is 17.8 Å². The SMILES string of the molecule is O=C(CSc1n[nH]c(CCC2CCCC2)n1)Nc1ccccc1C(=O)NCc1ccccc1. The molecule has 0 bridgehead atoms. The Labute approximate surface area is 198 Å². The first-order chi connectivity index (χ1) is 16.2. The smallest absolute Gasteiger partial charge is 0.253 e. The van der Waals surface area contributed by atoms with Crippen LogP contribution >= 0.6 is 11.8 Å². The Balaban J connectivity index is 1.26. The van der Waals surface area contributed by atoms with E-state index in [4.69, 9.17) is 0 Å². The zero-order valence-corrected chi connectivity index (χ0v) is 19.4. The van der Waals surface area contributed by atoms with Crippen LogP contribution in [0.3, 0.4) is 0 Å². The number of carbonyl (C=O) groups excluding carboxylic acids is 2. The average Bonchev–Trinajstić information content (AvgIpc) is 3.53. The Bertz CT molecular complexity index is 1060. The van der Waals surface area contributed by atoms with Crippen molar-refractivity contribution in [2.75, 3.05) is 11.1 Å². The van der Waals surface area contributed by atoms with Crippen molar-refractivity contribution in [2.45, 2.75) is 50.2 Å². The maximum atomic E-state index is 12.7. The summed E-state index contributed by atoms with van der Waals surface area (Å²) in [6, 6.07) is 16.7. The highest BCUT2D eigenvalue weighted by Gasteiger charge is 2.17. The van der Waals surface area contributed by atoms with Crippen LogP contribution in [-0.4, -0.2) is 32.7 Å². The molecule has 0 unspecified atom stereocenters. The molecule has 0 aliphatic heterocycles. The molecular formula is C25H29N5O2S. The number of benzene rings is 2. The van der Waals surface area contributed by atoms with E-state index in [1.54, 1.807) is 24.3 Å². The Morgan fingerprint density at radius 3 is 2.61 bits per heavy atom. The van der Waals surface area contributed by atoms with E-state index in [-0.39, 0.29) is 17.6 Å². The number of H-pyrrole nitrogens is 1. The summed E-state index contributed by atoms with van der Waals surface area (Å²) < 4.78 is 0. The Kier molecular flexibility index (Phi) is 8.14. The summed E-state index contributed by atoms with van der Waals surface area (Å²) in [5.74, 6) is 1.41. The number of hydrogen-bond acceptors (Lipinski definition) is 5. The zero-order chi connectivity index (χ0) is 22.9. The molecule has 0 saturated heterocycles. The van der Waals surface area contributed by atoms with Crippen molar-refractivity contribution in [3.05, 3.63) is 71.5 Å². The summed E-state index contributed by atoms with van der Waals surface area (Å²) in [6.45, 7) is 0.422. The van der Waals surface area contributed by atoms with Gasteiger partial charge in [-0.05, 0) is 30.0 Å². The van der Waals surface area contributed by atoms with Crippen LogP contribution in [0.4, 0.5) is 5.69 Å². The number of amides is 2. The first kappa shape index (κ1) is 23.0. The normalized spacial score (nSPS) is 13.7. The van der Waals surface area contributed by atoms with Crippen LogP contribution < -0.4 is 10.6 Å². The number of hydrogen-bond donors (Lipinski definition) is 3. The molecule has 2 aromatic carbocycles. The monoisotopic (exact) mass is 463 g/mol.